The van der Waals surface area contributed by atoms with E-state index in [-0.39, 0.29) is 12.0 Å². The fourth-order valence-electron chi connectivity index (χ4n) is 3.34. The number of rotatable bonds is 5. The molecule has 2 unspecified atom stereocenters. The van der Waals surface area contributed by atoms with Gasteiger partial charge in [-0.3, -0.25) is 9.59 Å². The van der Waals surface area contributed by atoms with E-state index in [0.29, 0.717) is 13.0 Å². The van der Waals surface area contributed by atoms with Crippen molar-refractivity contribution in [2.75, 3.05) is 11.9 Å². The maximum absolute atomic E-state index is 12.2. The molecule has 3 N–H and O–H groups in total. The number of aryl methyl sites for hydroxylation is 2. The van der Waals surface area contributed by atoms with Crippen LogP contribution in [0.15, 0.2) is 18.2 Å². The molecule has 1 aliphatic carbocycles. The highest BCUT2D eigenvalue weighted by atomic mass is 16.3. The lowest BCUT2D eigenvalue weighted by molar-refractivity contribution is -0.136. The zero-order valence-corrected chi connectivity index (χ0v) is 14.6. The summed E-state index contributed by atoms with van der Waals surface area (Å²) in [5.74, 6) is -0.982. The van der Waals surface area contributed by atoms with E-state index >= 15 is 0 Å². The molecule has 1 aromatic rings. The Morgan fingerprint density at radius 3 is 2.38 bits per heavy atom. The number of para-hydroxylation sites is 1. The monoisotopic (exact) mass is 332 g/mol. The summed E-state index contributed by atoms with van der Waals surface area (Å²) in [5, 5.41) is 15.2. The van der Waals surface area contributed by atoms with E-state index in [9.17, 15) is 14.7 Å². The van der Waals surface area contributed by atoms with Gasteiger partial charge in [0.15, 0.2) is 0 Å². The second-order valence-corrected chi connectivity index (χ2v) is 6.51. The first-order chi connectivity index (χ1) is 11.5. The number of hydrogen-bond donors (Lipinski definition) is 3. The lowest BCUT2D eigenvalue weighted by Gasteiger charge is -2.25. The SMILES string of the molecule is CCc1cccc(CC)c1NC(=O)C(=O)NCC1CCCC(O)C1. The van der Waals surface area contributed by atoms with Crippen molar-refractivity contribution in [1.29, 1.82) is 0 Å². The Morgan fingerprint density at radius 2 is 1.79 bits per heavy atom. The number of carbonyl (C=O) groups excluding carboxylic acids is 2. The molecule has 0 radical (unpaired) electrons. The van der Waals surface area contributed by atoms with E-state index in [0.717, 1.165) is 48.9 Å². The molecule has 1 aliphatic rings. The van der Waals surface area contributed by atoms with Crippen LogP contribution in [0, 0.1) is 5.92 Å². The summed E-state index contributed by atoms with van der Waals surface area (Å²) >= 11 is 0. The summed E-state index contributed by atoms with van der Waals surface area (Å²) in [7, 11) is 0. The molecule has 0 heterocycles. The fraction of sp³-hybridized carbons (Fsp3) is 0.579. The van der Waals surface area contributed by atoms with Crippen LogP contribution < -0.4 is 10.6 Å². The molecule has 1 saturated carbocycles. The average molecular weight is 332 g/mol. The largest absolute Gasteiger partial charge is 0.393 e. The molecule has 0 aliphatic heterocycles. The van der Waals surface area contributed by atoms with Crippen molar-refractivity contribution in [3.63, 3.8) is 0 Å². The molecule has 5 nitrogen and oxygen atoms in total. The van der Waals surface area contributed by atoms with Crippen molar-refractivity contribution in [1.82, 2.24) is 5.32 Å². The highest BCUT2D eigenvalue weighted by molar-refractivity contribution is 6.39. The number of anilines is 1. The van der Waals surface area contributed by atoms with Crippen LogP contribution in [0.2, 0.25) is 0 Å². The number of benzene rings is 1. The summed E-state index contributed by atoms with van der Waals surface area (Å²) in [6.07, 6.45) is 4.79. The van der Waals surface area contributed by atoms with Crippen molar-refractivity contribution in [2.24, 2.45) is 5.92 Å². The number of aliphatic hydroxyl groups excluding tert-OH is 1. The number of hydrogen-bond acceptors (Lipinski definition) is 3. The smallest absolute Gasteiger partial charge is 0.313 e. The molecule has 0 spiro atoms. The normalized spacial score (nSPS) is 20.5. The van der Waals surface area contributed by atoms with Gasteiger partial charge in [0.2, 0.25) is 0 Å². The van der Waals surface area contributed by atoms with E-state index in [1.165, 1.54) is 0 Å². The molecule has 5 heteroatoms. The third-order valence-electron chi connectivity index (χ3n) is 4.75. The van der Waals surface area contributed by atoms with Gasteiger partial charge in [-0.1, -0.05) is 38.5 Å². The number of nitrogens with one attached hydrogen (secondary N) is 2. The predicted octanol–water partition coefficient (Wildman–Crippen LogP) is 2.42. The molecule has 1 aromatic carbocycles. The van der Waals surface area contributed by atoms with Gasteiger partial charge in [-0.15, -0.1) is 0 Å². The quantitative estimate of drug-likeness (QED) is 0.725. The first-order valence-electron chi connectivity index (χ1n) is 8.93. The molecule has 0 saturated heterocycles. The Bertz CT molecular complexity index is 564. The number of carbonyl (C=O) groups is 2. The van der Waals surface area contributed by atoms with Gasteiger partial charge in [0.05, 0.1) is 6.10 Å². The molecule has 24 heavy (non-hydrogen) atoms. The minimum absolute atomic E-state index is 0.250. The van der Waals surface area contributed by atoms with Crippen LogP contribution in [0.1, 0.15) is 50.7 Å². The van der Waals surface area contributed by atoms with Gasteiger partial charge < -0.3 is 15.7 Å². The molecule has 0 aromatic heterocycles. The van der Waals surface area contributed by atoms with E-state index in [1.807, 2.05) is 32.0 Å². The minimum Gasteiger partial charge on any atom is -0.393 e. The average Bonchev–Trinajstić information content (AvgIpc) is 2.59. The van der Waals surface area contributed by atoms with Crippen LogP contribution >= 0.6 is 0 Å². The van der Waals surface area contributed by atoms with E-state index in [1.54, 1.807) is 0 Å². The van der Waals surface area contributed by atoms with Crippen LogP contribution in [0.5, 0.6) is 0 Å². The van der Waals surface area contributed by atoms with Gasteiger partial charge in [-0.05, 0) is 49.1 Å². The molecule has 2 atom stereocenters. The molecule has 1 fully saturated rings. The van der Waals surface area contributed by atoms with E-state index < -0.39 is 11.8 Å². The van der Waals surface area contributed by atoms with Gasteiger partial charge in [0, 0.05) is 12.2 Å². The Hall–Kier alpha value is -1.88. The lowest BCUT2D eigenvalue weighted by Crippen LogP contribution is -2.39. The van der Waals surface area contributed by atoms with Gasteiger partial charge in [0.1, 0.15) is 0 Å². The zero-order chi connectivity index (χ0) is 17.5. The van der Waals surface area contributed by atoms with Crippen LogP contribution in [0.3, 0.4) is 0 Å². The van der Waals surface area contributed by atoms with Gasteiger partial charge in [0.25, 0.3) is 0 Å². The molecule has 2 rings (SSSR count). The van der Waals surface area contributed by atoms with Crippen molar-refractivity contribution >= 4 is 17.5 Å². The second-order valence-electron chi connectivity index (χ2n) is 6.51. The van der Waals surface area contributed by atoms with Crippen molar-refractivity contribution in [3.8, 4) is 0 Å². The van der Waals surface area contributed by atoms with E-state index in [2.05, 4.69) is 10.6 Å². The van der Waals surface area contributed by atoms with Crippen LogP contribution in [-0.2, 0) is 22.4 Å². The van der Waals surface area contributed by atoms with Crippen LogP contribution in [0.4, 0.5) is 5.69 Å². The molecular weight excluding hydrogens is 304 g/mol. The Morgan fingerprint density at radius 1 is 1.12 bits per heavy atom. The van der Waals surface area contributed by atoms with Crippen LogP contribution in [0.25, 0.3) is 0 Å². The standard InChI is InChI=1S/C19H28N2O3/c1-3-14-8-6-9-15(4-2)17(14)21-19(24)18(23)20-12-13-7-5-10-16(22)11-13/h6,8-9,13,16,22H,3-5,7,10-12H2,1-2H3,(H,20,23)(H,21,24). The highest BCUT2D eigenvalue weighted by Crippen LogP contribution is 2.24. The molecular formula is C19H28N2O3. The number of aliphatic hydroxyl groups is 1. The van der Waals surface area contributed by atoms with Gasteiger partial charge >= 0.3 is 11.8 Å². The first-order valence-corrected chi connectivity index (χ1v) is 8.93. The maximum atomic E-state index is 12.2. The summed E-state index contributed by atoms with van der Waals surface area (Å²) in [6, 6.07) is 5.91. The number of amides is 2. The molecule has 0 bridgehead atoms. The fourth-order valence-corrected chi connectivity index (χ4v) is 3.34. The van der Waals surface area contributed by atoms with E-state index in [4.69, 9.17) is 0 Å². The lowest BCUT2D eigenvalue weighted by atomic mass is 9.87. The Kier molecular flexibility index (Phi) is 6.79. The summed E-state index contributed by atoms with van der Waals surface area (Å²) in [5.41, 5.74) is 2.83. The zero-order valence-electron chi connectivity index (χ0n) is 14.6. The first kappa shape index (κ1) is 18.5. The second kappa shape index (κ2) is 8.83. The Labute approximate surface area is 143 Å². The molecule has 132 valence electrons. The minimum atomic E-state index is -0.623. The summed E-state index contributed by atoms with van der Waals surface area (Å²) in [4.78, 5) is 24.3. The summed E-state index contributed by atoms with van der Waals surface area (Å²) < 4.78 is 0. The Balaban J connectivity index is 1.93. The van der Waals surface area contributed by atoms with Crippen molar-refractivity contribution in [3.05, 3.63) is 29.3 Å². The third kappa shape index (κ3) is 4.81. The van der Waals surface area contributed by atoms with Gasteiger partial charge in [-0.2, -0.15) is 0 Å². The third-order valence-corrected chi connectivity index (χ3v) is 4.75. The molecule has 2 amide bonds. The predicted molar refractivity (Wildman–Crippen MR) is 94.8 cm³/mol. The van der Waals surface area contributed by atoms with Crippen molar-refractivity contribution in [2.45, 2.75) is 58.5 Å². The maximum Gasteiger partial charge on any atom is 0.313 e. The summed E-state index contributed by atoms with van der Waals surface area (Å²) in [6.45, 7) is 4.50. The van der Waals surface area contributed by atoms with Crippen LogP contribution in [-0.4, -0.2) is 29.6 Å². The van der Waals surface area contributed by atoms with Gasteiger partial charge in [-0.25, -0.2) is 0 Å². The topological polar surface area (TPSA) is 78.4 Å². The highest BCUT2D eigenvalue weighted by Gasteiger charge is 2.22. The van der Waals surface area contributed by atoms with Crippen molar-refractivity contribution < 1.29 is 14.7 Å².